The maximum absolute atomic E-state index is 13.2. The largest absolute Gasteiger partial charge is 0.507 e. The lowest BCUT2D eigenvalue weighted by molar-refractivity contribution is -0.140. The van der Waals surface area contributed by atoms with Gasteiger partial charge in [0.2, 0.25) is 0 Å². The summed E-state index contributed by atoms with van der Waals surface area (Å²) in [5, 5.41) is 11.1. The van der Waals surface area contributed by atoms with Crippen LogP contribution in [0.15, 0.2) is 64.6 Å². The summed E-state index contributed by atoms with van der Waals surface area (Å²) in [6.45, 7) is 3.78. The Morgan fingerprint density at radius 3 is 2.42 bits per heavy atom. The number of benzene rings is 2. The monoisotopic (exact) mass is 449 g/mol. The minimum atomic E-state index is -0.874. The van der Waals surface area contributed by atoms with Crippen LogP contribution in [0, 0.1) is 19.7 Å². The summed E-state index contributed by atoms with van der Waals surface area (Å²) in [5.74, 6) is -0.471. The van der Waals surface area contributed by atoms with Crippen LogP contribution in [0.2, 0.25) is 0 Å². The highest BCUT2D eigenvalue weighted by atomic mass is 19.1. The van der Waals surface area contributed by atoms with Crippen LogP contribution in [0.1, 0.15) is 34.3 Å². The Bertz CT molecular complexity index is 1240. The number of likely N-dealkylation sites (tertiary alicyclic amines) is 1. The number of furan rings is 1. The fourth-order valence-corrected chi connectivity index (χ4v) is 4.09. The lowest BCUT2D eigenvalue weighted by Crippen LogP contribution is -2.31. The first-order valence-corrected chi connectivity index (χ1v) is 10.5. The van der Waals surface area contributed by atoms with Gasteiger partial charge in [-0.1, -0.05) is 12.1 Å². The number of aryl methyl sites for hydroxylation is 2. The average Bonchev–Trinajstić information content (AvgIpc) is 3.34. The molecule has 170 valence electrons. The highest BCUT2D eigenvalue weighted by Crippen LogP contribution is 2.40. The summed E-state index contributed by atoms with van der Waals surface area (Å²) in [6.07, 6.45) is 0.408. The molecule has 4 rings (SSSR count). The molecule has 0 aliphatic carbocycles. The van der Waals surface area contributed by atoms with Gasteiger partial charge in [0.15, 0.2) is 0 Å². The zero-order valence-corrected chi connectivity index (χ0v) is 18.6. The molecule has 3 aromatic rings. The van der Waals surface area contributed by atoms with Crippen molar-refractivity contribution in [3.8, 4) is 5.75 Å². The topological polar surface area (TPSA) is 80.0 Å². The molecule has 0 bridgehead atoms. The van der Waals surface area contributed by atoms with Crippen molar-refractivity contribution >= 4 is 17.4 Å². The maximum Gasteiger partial charge on any atom is 0.295 e. The highest BCUT2D eigenvalue weighted by Gasteiger charge is 2.47. The van der Waals surface area contributed by atoms with Gasteiger partial charge in [0.25, 0.3) is 11.7 Å². The summed E-state index contributed by atoms with van der Waals surface area (Å²) in [6, 6.07) is 13.6. The standard InChI is InChI=1S/C26H24FNO5/c1-15-14-18(7-11-20(15)32-3)24(29)22-23(21-10-4-16(2)33-21)28(26(31)25(22)30)13-12-17-5-8-19(27)9-6-17/h4-11,14,23,29H,12-13H2,1-3H3/b24-22-. The molecule has 1 amide bonds. The van der Waals surface area contributed by atoms with E-state index in [0.29, 0.717) is 29.3 Å². The number of carbonyl (C=O) groups is 2. The van der Waals surface area contributed by atoms with Gasteiger partial charge in [-0.15, -0.1) is 0 Å². The van der Waals surface area contributed by atoms with Gasteiger partial charge < -0.3 is 19.2 Å². The van der Waals surface area contributed by atoms with Crippen LogP contribution in [-0.4, -0.2) is 35.4 Å². The molecular formula is C26H24FNO5. The third kappa shape index (κ3) is 4.26. The maximum atomic E-state index is 13.2. The number of halogens is 1. The molecular weight excluding hydrogens is 425 g/mol. The van der Waals surface area contributed by atoms with E-state index in [1.807, 2.05) is 6.92 Å². The Morgan fingerprint density at radius 1 is 1.09 bits per heavy atom. The van der Waals surface area contributed by atoms with E-state index in [0.717, 1.165) is 11.1 Å². The second kappa shape index (κ2) is 8.94. The minimum Gasteiger partial charge on any atom is -0.507 e. The first-order chi connectivity index (χ1) is 15.8. The van der Waals surface area contributed by atoms with Crippen LogP contribution in [0.25, 0.3) is 5.76 Å². The van der Waals surface area contributed by atoms with E-state index in [4.69, 9.17) is 9.15 Å². The van der Waals surface area contributed by atoms with Crippen LogP contribution in [-0.2, 0) is 16.0 Å². The fraction of sp³-hybridized carbons (Fsp3) is 0.231. The van der Waals surface area contributed by atoms with Crippen LogP contribution < -0.4 is 4.74 Å². The van der Waals surface area contributed by atoms with Crippen molar-refractivity contribution in [3.05, 3.63) is 94.2 Å². The zero-order chi connectivity index (χ0) is 23.7. The van der Waals surface area contributed by atoms with E-state index < -0.39 is 17.7 Å². The third-order valence-electron chi connectivity index (χ3n) is 5.79. The Labute approximate surface area is 190 Å². The van der Waals surface area contributed by atoms with Crippen molar-refractivity contribution < 1.29 is 28.2 Å². The Balaban J connectivity index is 1.76. The third-order valence-corrected chi connectivity index (χ3v) is 5.79. The molecule has 1 aliphatic rings. The molecule has 6 nitrogen and oxygen atoms in total. The van der Waals surface area contributed by atoms with Crippen molar-refractivity contribution in [2.24, 2.45) is 0 Å². The molecule has 1 aromatic heterocycles. The van der Waals surface area contributed by atoms with E-state index >= 15 is 0 Å². The molecule has 1 atom stereocenters. The summed E-state index contributed by atoms with van der Waals surface area (Å²) < 4.78 is 24.3. The number of ketones is 1. The van der Waals surface area contributed by atoms with Crippen molar-refractivity contribution in [3.63, 3.8) is 0 Å². The summed E-state index contributed by atoms with van der Waals surface area (Å²) in [4.78, 5) is 27.4. The van der Waals surface area contributed by atoms with Crippen molar-refractivity contribution in [2.75, 3.05) is 13.7 Å². The molecule has 1 aliphatic heterocycles. The highest BCUT2D eigenvalue weighted by molar-refractivity contribution is 6.46. The number of rotatable bonds is 6. The van der Waals surface area contributed by atoms with Crippen molar-refractivity contribution in [1.29, 1.82) is 0 Å². The lowest BCUT2D eigenvalue weighted by Gasteiger charge is -2.23. The average molecular weight is 449 g/mol. The second-order valence-corrected chi connectivity index (χ2v) is 8.00. The number of aliphatic hydroxyl groups is 1. The molecule has 0 radical (unpaired) electrons. The van der Waals surface area contributed by atoms with Gasteiger partial charge in [-0.25, -0.2) is 4.39 Å². The summed E-state index contributed by atoms with van der Waals surface area (Å²) in [5.41, 5.74) is 1.96. The van der Waals surface area contributed by atoms with E-state index in [1.54, 1.807) is 56.5 Å². The van der Waals surface area contributed by atoms with Gasteiger partial charge in [0, 0.05) is 12.1 Å². The molecule has 2 aromatic carbocycles. The van der Waals surface area contributed by atoms with Gasteiger partial charge in [-0.2, -0.15) is 0 Å². The normalized spacial score (nSPS) is 17.6. The van der Waals surface area contributed by atoms with Crippen LogP contribution >= 0.6 is 0 Å². The number of ether oxygens (including phenoxy) is 1. The van der Waals surface area contributed by atoms with E-state index in [9.17, 15) is 19.1 Å². The summed E-state index contributed by atoms with van der Waals surface area (Å²) >= 11 is 0. The van der Waals surface area contributed by atoms with Crippen LogP contribution in [0.5, 0.6) is 5.75 Å². The number of carbonyl (C=O) groups excluding carboxylic acids is 2. The number of aliphatic hydroxyl groups excluding tert-OH is 1. The number of amides is 1. The Hall–Kier alpha value is -3.87. The molecule has 1 fully saturated rings. The molecule has 0 saturated carbocycles. The molecule has 2 heterocycles. The zero-order valence-electron chi connectivity index (χ0n) is 18.6. The predicted molar refractivity (Wildman–Crippen MR) is 120 cm³/mol. The first kappa shape index (κ1) is 22.3. The Kier molecular flexibility index (Phi) is 6.05. The quantitative estimate of drug-likeness (QED) is 0.335. The van der Waals surface area contributed by atoms with Crippen molar-refractivity contribution in [2.45, 2.75) is 26.3 Å². The fourth-order valence-electron chi connectivity index (χ4n) is 4.09. The van der Waals surface area contributed by atoms with Gasteiger partial charge in [-0.05, 0) is 73.9 Å². The molecule has 1 unspecified atom stereocenters. The molecule has 1 saturated heterocycles. The number of hydrogen-bond acceptors (Lipinski definition) is 5. The van der Waals surface area contributed by atoms with Gasteiger partial charge in [-0.3, -0.25) is 9.59 Å². The van der Waals surface area contributed by atoms with Gasteiger partial charge in [0.1, 0.15) is 34.9 Å². The van der Waals surface area contributed by atoms with Gasteiger partial charge >= 0.3 is 0 Å². The lowest BCUT2D eigenvalue weighted by atomic mass is 9.98. The number of nitrogens with zero attached hydrogens (tertiary/aromatic N) is 1. The summed E-state index contributed by atoms with van der Waals surface area (Å²) in [7, 11) is 1.55. The Morgan fingerprint density at radius 2 is 1.82 bits per heavy atom. The van der Waals surface area contributed by atoms with E-state index in [1.165, 1.54) is 17.0 Å². The molecule has 7 heteroatoms. The number of hydrogen-bond donors (Lipinski definition) is 1. The predicted octanol–water partition coefficient (Wildman–Crippen LogP) is 4.71. The van der Waals surface area contributed by atoms with Crippen LogP contribution in [0.4, 0.5) is 4.39 Å². The first-order valence-electron chi connectivity index (χ1n) is 10.5. The number of methoxy groups -OCH3 is 1. The van der Waals surface area contributed by atoms with Crippen LogP contribution in [0.3, 0.4) is 0 Å². The van der Waals surface area contributed by atoms with Crippen molar-refractivity contribution in [1.82, 2.24) is 4.90 Å². The molecule has 33 heavy (non-hydrogen) atoms. The van der Waals surface area contributed by atoms with E-state index in [2.05, 4.69) is 0 Å². The molecule has 0 spiro atoms. The minimum absolute atomic E-state index is 0.0296. The van der Waals surface area contributed by atoms with Gasteiger partial charge in [0.05, 0.1) is 12.7 Å². The smallest absolute Gasteiger partial charge is 0.295 e. The number of Topliss-reactive ketones (excluding diaryl/α,β-unsaturated/α-hetero) is 1. The SMILES string of the molecule is COc1ccc(/C(O)=C2/C(=O)C(=O)N(CCc3ccc(F)cc3)C2c2ccc(C)o2)cc1C. The second-order valence-electron chi connectivity index (χ2n) is 8.00. The van der Waals surface area contributed by atoms with E-state index in [-0.39, 0.29) is 23.7 Å². The molecule has 1 N–H and O–H groups in total.